The summed E-state index contributed by atoms with van der Waals surface area (Å²) in [6.07, 6.45) is -0.338. The fourth-order valence-electron chi connectivity index (χ4n) is 2.08. The van der Waals surface area contributed by atoms with Crippen LogP contribution >= 0.6 is 0 Å². The van der Waals surface area contributed by atoms with Gasteiger partial charge in [-0.05, 0) is 23.8 Å². The molecule has 7 nitrogen and oxygen atoms in total. The Labute approximate surface area is 160 Å². The van der Waals surface area contributed by atoms with Crippen LogP contribution in [-0.4, -0.2) is 33.4 Å². The van der Waals surface area contributed by atoms with Gasteiger partial charge in [0.25, 0.3) is 5.91 Å². The number of carbonyl (C=O) groups excluding carboxylic acids is 2. The number of hydrogen-bond donors (Lipinski definition) is 2. The molecule has 0 atom stereocenters. The van der Waals surface area contributed by atoms with Crippen molar-refractivity contribution in [2.75, 3.05) is 13.2 Å². The van der Waals surface area contributed by atoms with E-state index in [-0.39, 0.29) is 19.5 Å². The number of hydrogen-bond acceptors (Lipinski definition) is 5. The standard InChI is InChI=1S/C18H18F2N2O5S/c19-15-7-6-14(10-16(15)20)28(25,26)22-9-8-18(24)27-12-17(23)21-11-13-4-2-1-3-5-13/h1-7,10,22H,8-9,11-12H2,(H,21,23). The average Bonchev–Trinajstić information content (AvgIpc) is 2.67. The maximum absolute atomic E-state index is 13.1. The molecule has 0 aromatic heterocycles. The molecule has 2 aromatic carbocycles. The van der Waals surface area contributed by atoms with Crippen LogP contribution in [0.3, 0.4) is 0 Å². The Morgan fingerprint density at radius 2 is 1.71 bits per heavy atom. The van der Waals surface area contributed by atoms with E-state index < -0.39 is 45.0 Å². The lowest BCUT2D eigenvalue weighted by atomic mass is 10.2. The molecule has 0 fully saturated rings. The molecule has 0 radical (unpaired) electrons. The first-order valence-corrected chi connectivity index (χ1v) is 9.67. The summed E-state index contributed by atoms with van der Waals surface area (Å²) >= 11 is 0. The highest BCUT2D eigenvalue weighted by molar-refractivity contribution is 7.89. The Morgan fingerprint density at radius 1 is 1.00 bits per heavy atom. The number of amides is 1. The number of halogens is 2. The summed E-state index contributed by atoms with van der Waals surface area (Å²) in [4.78, 5) is 22.8. The lowest BCUT2D eigenvalue weighted by Crippen LogP contribution is -2.30. The molecular weight excluding hydrogens is 394 g/mol. The molecule has 2 rings (SSSR count). The maximum Gasteiger partial charge on any atom is 0.307 e. The minimum atomic E-state index is -4.11. The van der Waals surface area contributed by atoms with Gasteiger partial charge >= 0.3 is 5.97 Å². The van der Waals surface area contributed by atoms with E-state index in [2.05, 4.69) is 10.0 Å². The van der Waals surface area contributed by atoms with Gasteiger partial charge in [-0.2, -0.15) is 0 Å². The Hall–Kier alpha value is -2.85. The van der Waals surface area contributed by atoms with Crippen molar-refractivity contribution in [3.05, 3.63) is 65.7 Å². The maximum atomic E-state index is 13.1. The smallest absolute Gasteiger partial charge is 0.307 e. The van der Waals surface area contributed by atoms with E-state index >= 15 is 0 Å². The molecule has 2 N–H and O–H groups in total. The molecule has 0 spiro atoms. The van der Waals surface area contributed by atoms with Crippen LogP contribution in [-0.2, 0) is 30.9 Å². The van der Waals surface area contributed by atoms with Crippen LogP contribution in [0.5, 0.6) is 0 Å². The third-order valence-corrected chi connectivity index (χ3v) is 4.98. The first kappa shape index (κ1) is 21.5. The van der Waals surface area contributed by atoms with E-state index in [0.717, 1.165) is 11.6 Å². The lowest BCUT2D eigenvalue weighted by Gasteiger charge is -2.08. The Morgan fingerprint density at radius 3 is 2.39 bits per heavy atom. The van der Waals surface area contributed by atoms with Gasteiger partial charge < -0.3 is 10.1 Å². The second-order valence-corrected chi connectivity index (χ2v) is 7.41. The van der Waals surface area contributed by atoms with Gasteiger partial charge in [-0.1, -0.05) is 30.3 Å². The van der Waals surface area contributed by atoms with E-state index in [9.17, 15) is 26.8 Å². The van der Waals surface area contributed by atoms with Crippen LogP contribution < -0.4 is 10.0 Å². The molecule has 0 bridgehead atoms. The SMILES string of the molecule is O=C(COC(=O)CCNS(=O)(=O)c1ccc(F)c(F)c1)NCc1ccccc1. The summed E-state index contributed by atoms with van der Waals surface area (Å²) in [6, 6.07) is 11.3. The number of benzene rings is 2. The minimum absolute atomic E-state index is 0.283. The highest BCUT2D eigenvalue weighted by atomic mass is 32.2. The molecule has 0 saturated carbocycles. The molecule has 10 heteroatoms. The Balaban J connectivity index is 1.70. The molecule has 0 aliphatic rings. The van der Waals surface area contributed by atoms with Gasteiger partial charge in [0.05, 0.1) is 11.3 Å². The van der Waals surface area contributed by atoms with E-state index in [1.165, 1.54) is 0 Å². The summed E-state index contributed by atoms with van der Waals surface area (Å²) in [6.45, 7) is -0.543. The summed E-state index contributed by atoms with van der Waals surface area (Å²) in [5.41, 5.74) is 0.883. The molecular formula is C18H18F2N2O5S. The van der Waals surface area contributed by atoms with Crippen LogP contribution in [0, 0.1) is 11.6 Å². The van der Waals surface area contributed by atoms with Crippen LogP contribution in [0.1, 0.15) is 12.0 Å². The Bertz CT molecular complexity index is 936. The number of ether oxygens (including phenoxy) is 1. The van der Waals surface area contributed by atoms with E-state index in [4.69, 9.17) is 4.74 Å². The average molecular weight is 412 g/mol. The fourth-order valence-corrected chi connectivity index (χ4v) is 3.12. The van der Waals surface area contributed by atoms with E-state index in [0.29, 0.717) is 12.1 Å². The summed E-state index contributed by atoms with van der Waals surface area (Å²) < 4.78 is 56.7. The van der Waals surface area contributed by atoms with E-state index in [1.807, 2.05) is 30.3 Å². The second-order valence-electron chi connectivity index (χ2n) is 5.65. The van der Waals surface area contributed by atoms with Gasteiger partial charge in [0.1, 0.15) is 0 Å². The van der Waals surface area contributed by atoms with Crippen molar-refractivity contribution in [1.29, 1.82) is 0 Å². The first-order chi connectivity index (χ1) is 13.3. The van der Waals surface area contributed by atoms with Crippen molar-refractivity contribution in [2.24, 2.45) is 0 Å². The number of rotatable bonds is 9. The fraction of sp³-hybridized carbons (Fsp3) is 0.222. The largest absolute Gasteiger partial charge is 0.456 e. The third-order valence-electron chi connectivity index (χ3n) is 3.52. The van der Waals surface area contributed by atoms with Gasteiger partial charge in [0.15, 0.2) is 18.2 Å². The quantitative estimate of drug-likeness (QED) is 0.608. The number of sulfonamides is 1. The summed E-state index contributed by atoms with van der Waals surface area (Å²) in [5, 5.41) is 2.57. The summed E-state index contributed by atoms with van der Waals surface area (Å²) in [5.74, 6) is -3.76. The number of nitrogens with one attached hydrogen (secondary N) is 2. The van der Waals surface area contributed by atoms with E-state index in [1.54, 1.807) is 0 Å². The zero-order valence-electron chi connectivity index (χ0n) is 14.7. The van der Waals surface area contributed by atoms with Crippen LogP contribution in [0.15, 0.2) is 53.4 Å². The predicted molar refractivity (Wildman–Crippen MR) is 95.4 cm³/mol. The van der Waals surface area contributed by atoms with Gasteiger partial charge in [-0.25, -0.2) is 21.9 Å². The minimum Gasteiger partial charge on any atom is -0.456 e. The van der Waals surface area contributed by atoms with Crippen molar-refractivity contribution < 1.29 is 31.5 Å². The molecule has 0 aliphatic carbocycles. The van der Waals surface area contributed by atoms with Crippen molar-refractivity contribution in [3.8, 4) is 0 Å². The molecule has 0 unspecified atom stereocenters. The van der Waals surface area contributed by atoms with Crippen LogP contribution in [0.25, 0.3) is 0 Å². The molecule has 0 saturated heterocycles. The number of carbonyl (C=O) groups is 2. The lowest BCUT2D eigenvalue weighted by molar-refractivity contribution is -0.148. The summed E-state index contributed by atoms with van der Waals surface area (Å²) in [7, 11) is -4.11. The van der Waals surface area contributed by atoms with Gasteiger partial charge in [0.2, 0.25) is 10.0 Å². The molecule has 1 amide bonds. The van der Waals surface area contributed by atoms with Crippen molar-refractivity contribution in [3.63, 3.8) is 0 Å². The topological polar surface area (TPSA) is 102 Å². The first-order valence-electron chi connectivity index (χ1n) is 8.19. The second kappa shape index (κ2) is 9.90. The zero-order chi connectivity index (χ0) is 20.6. The van der Waals surface area contributed by atoms with Gasteiger partial charge in [-0.15, -0.1) is 0 Å². The highest BCUT2D eigenvalue weighted by Crippen LogP contribution is 2.13. The van der Waals surface area contributed by atoms with Crippen LogP contribution in [0.2, 0.25) is 0 Å². The Kier molecular flexibility index (Phi) is 7.59. The van der Waals surface area contributed by atoms with Crippen molar-refractivity contribution in [1.82, 2.24) is 10.0 Å². The molecule has 0 heterocycles. The predicted octanol–water partition coefficient (Wildman–Crippen LogP) is 1.49. The normalized spacial score (nSPS) is 11.1. The zero-order valence-corrected chi connectivity index (χ0v) is 15.5. The van der Waals surface area contributed by atoms with Crippen molar-refractivity contribution in [2.45, 2.75) is 17.9 Å². The molecule has 150 valence electrons. The highest BCUT2D eigenvalue weighted by Gasteiger charge is 2.17. The third kappa shape index (κ3) is 6.71. The molecule has 28 heavy (non-hydrogen) atoms. The van der Waals surface area contributed by atoms with Crippen molar-refractivity contribution >= 4 is 21.9 Å². The monoisotopic (exact) mass is 412 g/mol. The van der Waals surface area contributed by atoms with Gasteiger partial charge in [-0.3, -0.25) is 9.59 Å². The van der Waals surface area contributed by atoms with Crippen LogP contribution in [0.4, 0.5) is 8.78 Å². The van der Waals surface area contributed by atoms with Gasteiger partial charge in [0, 0.05) is 13.1 Å². The number of esters is 1. The molecule has 2 aromatic rings. The molecule has 0 aliphatic heterocycles.